The highest BCUT2D eigenvalue weighted by atomic mass is 19.1. The summed E-state index contributed by atoms with van der Waals surface area (Å²) in [5.74, 6) is 0.559. The zero-order valence-corrected chi connectivity index (χ0v) is 10.7. The van der Waals surface area contributed by atoms with Crippen molar-refractivity contribution in [2.24, 2.45) is 11.8 Å². The lowest BCUT2D eigenvalue weighted by Crippen LogP contribution is -2.33. The minimum absolute atomic E-state index is 0.0128. The first kappa shape index (κ1) is 12.3. The molecule has 19 heavy (non-hydrogen) atoms. The monoisotopic (exact) mass is 265 g/mol. The van der Waals surface area contributed by atoms with Gasteiger partial charge in [-0.3, -0.25) is 10.1 Å². The highest BCUT2D eigenvalue weighted by Gasteiger charge is 2.43. The quantitative estimate of drug-likeness (QED) is 0.654. The van der Waals surface area contributed by atoms with E-state index in [1.165, 1.54) is 12.1 Å². The molecule has 3 unspecified atom stereocenters. The minimum Gasteiger partial charge on any atom is -0.363 e. The molecule has 0 aromatic heterocycles. The molecule has 0 bridgehead atoms. The van der Waals surface area contributed by atoms with Gasteiger partial charge in [0.05, 0.1) is 4.92 Å². The van der Waals surface area contributed by atoms with Crippen molar-refractivity contribution in [2.75, 3.05) is 24.5 Å². The number of fused-ring (bicyclic) bond motifs is 1. The molecule has 2 aliphatic heterocycles. The molecule has 0 radical (unpaired) electrons. The van der Waals surface area contributed by atoms with Crippen molar-refractivity contribution in [3.05, 3.63) is 34.1 Å². The van der Waals surface area contributed by atoms with Crippen molar-refractivity contribution in [3.8, 4) is 0 Å². The van der Waals surface area contributed by atoms with Gasteiger partial charge in [0.15, 0.2) is 0 Å². The predicted molar refractivity (Wildman–Crippen MR) is 69.7 cm³/mol. The van der Waals surface area contributed by atoms with Crippen LogP contribution in [0.2, 0.25) is 0 Å². The Hall–Kier alpha value is -1.69. The molecule has 1 aromatic carbocycles. The van der Waals surface area contributed by atoms with Crippen molar-refractivity contribution in [1.29, 1.82) is 0 Å². The van der Waals surface area contributed by atoms with Crippen molar-refractivity contribution in [2.45, 2.75) is 13.0 Å². The summed E-state index contributed by atoms with van der Waals surface area (Å²) >= 11 is 0. The molecule has 0 spiro atoms. The molecule has 5 nitrogen and oxygen atoms in total. The summed E-state index contributed by atoms with van der Waals surface area (Å²) in [6.07, 6.45) is 0. The number of benzene rings is 1. The van der Waals surface area contributed by atoms with Crippen LogP contribution in [-0.4, -0.2) is 30.6 Å². The summed E-state index contributed by atoms with van der Waals surface area (Å²) in [6.45, 7) is 4.69. The van der Waals surface area contributed by atoms with E-state index in [0.29, 0.717) is 17.5 Å². The third-order valence-corrected chi connectivity index (χ3v) is 4.38. The molecule has 0 saturated carbocycles. The fourth-order valence-electron chi connectivity index (χ4n) is 3.37. The van der Waals surface area contributed by atoms with Crippen molar-refractivity contribution in [3.63, 3.8) is 0 Å². The highest BCUT2D eigenvalue weighted by Crippen LogP contribution is 2.39. The standard InChI is InChI=1S/C13H16FN3O2/c1-8-11-6-15-5-9(11)7-16(8)13-4-10(14)2-3-12(13)17(18)19/h2-4,8-9,11,15H,5-7H2,1H3. The van der Waals surface area contributed by atoms with Crippen LogP contribution in [0, 0.1) is 27.8 Å². The van der Waals surface area contributed by atoms with Gasteiger partial charge in [0.1, 0.15) is 11.5 Å². The third kappa shape index (κ3) is 1.96. The third-order valence-electron chi connectivity index (χ3n) is 4.38. The van der Waals surface area contributed by atoms with Crippen LogP contribution in [0.3, 0.4) is 0 Å². The van der Waals surface area contributed by atoms with Crippen LogP contribution in [0.5, 0.6) is 0 Å². The Morgan fingerprint density at radius 1 is 1.47 bits per heavy atom. The van der Waals surface area contributed by atoms with Gasteiger partial charge in [-0.05, 0) is 24.8 Å². The molecule has 2 heterocycles. The van der Waals surface area contributed by atoms with E-state index in [9.17, 15) is 14.5 Å². The molecular weight excluding hydrogens is 249 g/mol. The molecule has 1 aromatic rings. The summed E-state index contributed by atoms with van der Waals surface area (Å²) in [4.78, 5) is 12.6. The molecule has 0 aliphatic carbocycles. The zero-order valence-electron chi connectivity index (χ0n) is 10.7. The number of nitro benzene ring substituents is 1. The predicted octanol–water partition coefficient (Wildman–Crippen LogP) is 1.78. The van der Waals surface area contributed by atoms with Crippen molar-refractivity contribution < 1.29 is 9.31 Å². The Morgan fingerprint density at radius 3 is 2.95 bits per heavy atom. The van der Waals surface area contributed by atoms with Gasteiger partial charge in [0, 0.05) is 37.8 Å². The van der Waals surface area contributed by atoms with E-state index in [0.717, 1.165) is 25.7 Å². The van der Waals surface area contributed by atoms with Crippen LogP contribution in [0.15, 0.2) is 18.2 Å². The number of hydrogen-bond acceptors (Lipinski definition) is 4. The maximum absolute atomic E-state index is 13.4. The maximum atomic E-state index is 13.4. The van der Waals surface area contributed by atoms with E-state index in [4.69, 9.17) is 0 Å². The SMILES string of the molecule is CC1C2CNCC2CN1c1cc(F)ccc1[N+](=O)[O-]. The van der Waals surface area contributed by atoms with E-state index in [1.54, 1.807) is 0 Å². The van der Waals surface area contributed by atoms with Gasteiger partial charge in [0.25, 0.3) is 5.69 Å². The average molecular weight is 265 g/mol. The average Bonchev–Trinajstić information content (AvgIpc) is 2.92. The molecule has 2 saturated heterocycles. The van der Waals surface area contributed by atoms with E-state index in [1.807, 2.05) is 4.90 Å². The smallest absolute Gasteiger partial charge is 0.292 e. The number of anilines is 1. The zero-order chi connectivity index (χ0) is 13.6. The van der Waals surface area contributed by atoms with Crippen molar-refractivity contribution >= 4 is 11.4 Å². The summed E-state index contributed by atoms with van der Waals surface area (Å²) < 4.78 is 13.4. The van der Waals surface area contributed by atoms with Crippen LogP contribution in [-0.2, 0) is 0 Å². The topological polar surface area (TPSA) is 58.4 Å². The maximum Gasteiger partial charge on any atom is 0.292 e. The molecule has 0 amide bonds. The molecule has 3 atom stereocenters. The van der Waals surface area contributed by atoms with Crippen LogP contribution < -0.4 is 10.2 Å². The molecule has 1 N–H and O–H groups in total. The van der Waals surface area contributed by atoms with E-state index < -0.39 is 10.7 Å². The fraction of sp³-hybridized carbons (Fsp3) is 0.538. The first-order chi connectivity index (χ1) is 9.08. The number of hydrogen-bond donors (Lipinski definition) is 1. The van der Waals surface area contributed by atoms with E-state index >= 15 is 0 Å². The van der Waals surface area contributed by atoms with Crippen LogP contribution in [0.4, 0.5) is 15.8 Å². The highest BCUT2D eigenvalue weighted by molar-refractivity contribution is 5.64. The second kappa shape index (κ2) is 4.45. The van der Waals surface area contributed by atoms with Crippen LogP contribution in [0.25, 0.3) is 0 Å². The van der Waals surface area contributed by atoms with Crippen LogP contribution >= 0.6 is 0 Å². The van der Waals surface area contributed by atoms with Gasteiger partial charge < -0.3 is 10.2 Å². The van der Waals surface area contributed by atoms with Crippen LogP contribution in [0.1, 0.15) is 6.92 Å². The Kier molecular flexibility index (Phi) is 2.89. The van der Waals surface area contributed by atoms with Crippen molar-refractivity contribution in [1.82, 2.24) is 5.32 Å². The normalized spacial score (nSPS) is 29.6. The Labute approximate surface area is 110 Å². The van der Waals surface area contributed by atoms with Gasteiger partial charge in [-0.1, -0.05) is 0 Å². The lowest BCUT2D eigenvalue weighted by atomic mass is 9.95. The number of halogens is 1. The van der Waals surface area contributed by atoms with Gasteiger partial charge >= 0.3 is 0 Å². The number of nitrogens with one attached hydrogen (secondary N) is 1. The lowest BCUT2D eigenvalue weighted by molar-refractivity contribution is -0.384. The number of nitrogens with zero attached hydrogens (tertiary/aromatic N) is 2. The molecular formula is C13H16FN3O2. The Bertz CT molecular complexity index is 523. The molecule has 2 fully saturated rings. The summed E-state index contributed by atoms with van der Waals surface area (Å²) in [7, 11) is 0. The van der Waals surface area contributed by atoms with E-state index in [2.05, 4.69) is 12.2 Å². The Morgan fingerprint density at radius 2 is 2.26 bits per heavy atom. The Balaban J connectivity index is 1.98. The largest absolute Gasteiger partial charge is 0.363 e. The molecule has 3 rings (SSSR count). The molecule has 6 heteroatoms. The number of nitro groups is 1. The minimum atomic E-state index is -0.437. The lowest BCUT2D eigenvalue weighted by Gasteiger charge is -2.26. The number of rotatable bonds is 2. The summed E-state index contributed by atoms with van der Waals surface area (Å²) in [5.41, 5.74) is 0.396. The molecule has 2 aliphatic rings. The second-order valence-corrected chi connectivity index (χ2v) is 5.37. The van der Waals surface area contributed by atoms with E-state index in [-0.39, 0.29) is 11.7 Å². The van der Waals surface area contributed by atoms with Gasteiger partial charge in [0.2, 0.25) is 0 Å². The first-order valence-corrected chi connectivity index (χ1v) is 6.49. The summed E-state index contributed by atoms with van der Waals surface area (Å²) in [5, 5.41) is 14.4. The first-order valence-electron chi connectivity index (χ1n) is 6.49. The fourth-order valence-corrected chi connectivity index (χ4v) is 3.37. The second-order valence-electron chi connectivity index (χ2n) is 5.37. The summed E-state index contributed by atoms with van der Waals surface area (Å²) in [6, 6.07) is 3.87. The molecule has 102 valence electrons. The van der Waals surface area contributed by atoms with Gasteiger partial charge in [-0.2, -0.15) is 0 Å². The van der Waals surface area contributed by atoms with Gasteiger partial charge in [-0.15, -0.1) is 0 Å². The van der Waals surface area contributed by atoms with Gasteiger partial charge in [-0.25, -0.2) is 4.39 Å².